The highest BCUT2D eigenvalue weighted by molar-refractivity contribution is 6.00. The number of piperidine rings is 1. The molecule has 2 rings (SSSR count). The Bertz CT molecular complexity index is 457. The summed E-state index contributed by atoms with van der Waals surface area (Å²) in [5.74, 6) is 0.728. The first-order valence-electron chi connectivity index (χ1n) is 7.42. The van der Waals surface area contributed by atoms with Crippen molar-refractivity contribution in [2.24, 2.45) is 5.73 Å². The number of hydrogen-bond donors (Lipinski definition) is 1. The molecule has 1 heterocycles. The van der Waals surface area contributed by atoms with Gasteiger partial charge < -0.3 is 15.2 Å². The molecule has 116 valence electrons. The molecule has 21 heavy (non-hydrogen) atoms. The number of methoxy groups -OCH3 is 1. The summed E-state index contributed by atoms with van der Waals surface area (Å²) in [6, 6.07) is 7.66. The van der Waals surface area contributed by atoms with Gasteiger partial charge in [-0.15, -0.1) is 0 Å². The summed E-state index contributed by atoms with van der Waals surface area (Å²) >= 11 is 0. The van der Waals surface area contributed by atoms with Crippen LogP contribution in [-0.2, 0) is 4.74 Å². The molecule has 0 unspecified atom stereocenters. The molecule has 0 bridgehead atoms. The highest BCUT2D eigenvalue weighted by atomic mass is 16.5. The predicted molar refractivity (Wildman–Crippen MR) is 81.8 cm³/mol. The minimum atomic E-state index is 0.0958. The maximum atomic E-state index is 12.5. The van der Waals surface area contributed by atoms with Gasteiger partial charge in [0.05, 0.1) is 18.7 Å². The maximum absolute atomic E-state index is 12.5. The standard InChI is InChI=1S/C16H24N2O3/c1-20-10-11-21-16-5-3-2-4-14(16)15(19)12-18-8-6-13(17)7-9-18/h2-5,13H,6-12,17H2,1H3. The van der Waals surface area contributed by atoms with Crippen molar-refractivity contribution >= 4 is 5.78 Å². The maximum Gasteiger partial charge on any atom is 0.180 e. The Morgan fingerprint density at radius 3 is 2.71 bits per heavy atom. The molecule has 5 nitrogen and oxygen atoms in total. The molecule has 0 radical (unpaired) electrons. The second kappa shape index (κ2) is 8.12. The number of nitrogens with two attached hydrogens (primary N) is 1. The van der Waals surface area contributed by atoms with Crippen molar-refractivity contribution in [2.75, 3.05) is 40.0 Å². The summed E-state index contributed by atoms with van der Waals surface area (Å²) in [5.41, 5.74) is 6.53. The highest BCUT2D eigenvalue weighted by Gasteiger charge is 2.20. The molecule has 1 aromatic carbocycles. The number of nitrogens with zero attached hydrogens (tertiary/aromatic N) is 1. The SMILES string of the molecule is COCCOc1ccccc1C(=O)CN1CCC(N)CC1. The summed E-state index contributed by atoms with van der Waals surface area (Å²) in [6.07, 6.45) is 1.92. The molecule has 0 amide bonds. The molecule has 0 spiro atoms. The van der Waals surface area contributed by atoms with Gasteiger partial charge >= 0.3 is 0 Å². The number of ether oxygens (including phenoxy) is 2. The lowest BCUT2D eigenvalue weighted by molar-refractivity contribution is 0.0902. The summed E-state index contributed by atoms with van der Waals surface area (Å²) in [6.45, 7) is 3.16. The zero-order valence-electron chi connectivity index (χ0n) is 12.6. The molecule has 0 aromatic heterocycles. The van der Waals surface area contributed by atoms with Crippen molar-refractivity contribution in [3.8, 4) is 5.75 Å². The number of ketones is 1. The van der Waals surface area contributed by atoms with Crippen LogP contribution in [0.2, 0.25) is 0 Å². The van der Waals surface area contributed by atoms with Crippen LogP contribution in [0.1, 0.15) is 23.2 Å². The molecule has 1 aromatic rings. The first-order valence-corrected chi connectivity index (χ1v) is 7.42. The fraction of sp³-hybridized carbons (Fsp3) is 0.562. The molecule has 1 fully saturated rings. The lowest BCUT2D eigenvalue weighted by atomic mass is 10.0. The number of rotatable bonds is 7. The summed E-state index contributed by atoms with van der Waals surface area (Å²) < 4.78 is 10.6. The fourth-order valence-corrected chi connectivity index (χ4v) is 2.46. The van der Waals surface area contributed by atoms with Gasteiger partial charge in [0.2, 0.25) is 0 Å². The van der Waals surface area contributed by atoms with Crippen LogP contribution >= 0.6 is 0 Å². The van der Waals surface area contributed by atoms with Gasteiger partial charge in [-0.1, -0.05) is 12.1 Å². The van der Waals surface area contributed by atoms with E-state index in [9.17, 15) is 4.79 Å². The van der Waals surface area contributed by atoms with Crippen LogP contribution in [0, 0.1) is 0 Å². The van der Waals surface area contributed by atoms with Crippen LogP contribution < -0.4 is 10.5 Å². The van der Waals surface area contributed by atoms with Crippen LogP contribution in [0.5, 0.6) is 5.75 Å². The van der Waals surface area contributed by atoms with E-state index in [1.165, 1.54) is 0 Å². The number of para-hydroxylation sites is 1. The molecule has 0 atom stereocenters. The van der Waals surface area contributed by atoms with Gasteiger partial charge in [-0.2, -0.15) is 0 Å². The third kappa shape index (κ3) is 4.81. The van der Waals surface area contributed by atoms with E-state index < -0.39 is 0 Å². The number of likely N-dealkylation sites (tertiary alicyclic amines) is 1. The monoisotopic (exact) mass is 292 g/mol. The Morgan fingerprint density at radius 1 is 1.29 bits per heavy atom. The smallest absolute Gasteiger partial charge is 0.180 e. The van der Waals surface area contributed by atoms with Crippen molar-refractivity contribution in [3.63, 3.8) is 0 Å². The Kier molecular flexibility index (Phi) is 6.17. The van der Waals surface area contributed by atoms with Gasteiger partial charge in [0.15, 0.2) is 5.78 Å². The number of carbonyl (C=O) groups excluding carboxylic acids is 1. The van der Waals surface area contributed by atoms with Gasteiger partial charge in [-0.3, -0.25) is 9.69 Å². The lowest BCUT2D eigenvalue weighted by Gasteiger charge is -2.29. The highest BCUT2D eigenvalue weighted by Crippen LogP contribution is 2.19. The van der Waals surface area contributed by atoms with E-state index in [2.05, 4.69) is 4.90 Å². The number of Topliss-reactive ketones (excluding diaryl/α,β-unsaturated/α-hetero) is 1. The Morgan fingerprint density at radius 2 is 2.00 bits per heavy atom. The molecular formula is C16H24N2O3. The first kappa shape index (κ1) is 15.9. The predicted octanol–water partition coefficient (Wildman–Crippen LogP) is 1.32. The Hall–Kier alpha value is -1.43. The van der Waals surface area contributed by atoms with E-state index in [0.29, 0.717) is 31.1 Å². The van der Waals surface area contributed by atoms with Gasteiger partial charge in [0, 0.05) is 26.2 Å². The third-order valence-corrected chi connectivity index (χ3v) is 3.73. The third-order valence-electron chi connectivity index (χ3n) is 3.73. The van der Waals surface area contributed by atoms with Crippen molar-refractivity contribution in [2.45, 2.75) is 18.9 Å². The second-order valence-electron chi connectivity index (χ2n) is 5.37. The summed E-state index contributed by atoms with van der Waals surface area (Å²) in [7, 11) is 1.63. The van der Waals surface area contributed by atoms with Gasteiger partial charge in [0.1, 0.15) is 12.4 Å². The zero-order valence-corrected chi connectivity index (χ0v) is 12.6. The largest absolute Gasteiger partial charge is 0.490 e. The van der Waals surface area contributed by atoms with E-state index in [4.69, 9.17) is 15.2 Å². The molecule has 1 aliphatic rings. The normalized spacial score (nSPS) is 16.9. The topological polar surface area (TPSA) is 64.8 Å². The van der Waals surface area contributed by atoms with Crippen molar-refractivity contribution in [1.82, 2.24) is 4.90 Å². The Labute approximate surface area is 126 Å². The fourth-order valence-electron chi connectivity index (χ4n) is 2.46. The number of carbonyl (C=O) groups is 1. The van der Waals surface area contributed by atoms with E-state index in [1.807, 2.05) is 24.3 Å². The van der Waals surface area contributed by atoms with E-state index in [-0.39, 0.29) is 11.8 Å². The van der Waals surface area contributed by atoms with Crippen LogP contribution in [0.3, 0.4) is 0 Å². The molecule has 0 saturated carbocycles. The van der Waals surface area contributed by atoms with Gasteiger partial charge in [-0.05, 0) is 25.0 Å². The number of benzene rings is 1. The minimum Gasteiger partial charge on any atom is -0.490 e. The van der Waals surface area contributed by atoms with E-state index in [1.54, 1.807) is 7.11 Å². The molecule has 0 aliphatic carbocycles. The minimum absolute atomic E-state index is 0.0958. The van der Waals surface area contributed by atoms with Crippen LogP contribution in [0.25, 0.3) is 0 Å². The van der Waals surface area contributed by atoms with E-state index >= 15 is 0 Å². The molecule has 5 heteroatoms. The quantitative estimate of drug-likeness (QED) is 0.606. The van der Waals surface area contributed by atoms with Crippen molar-refractivity contribution < 1.29 is 14.3 Å². The molecular weight excluding hydrogens is 268 g/mol. The molecule has 2 N–H and O–H groups in total. The van der Waals surface area contributed by atoms with Gasteiger partial charge in [-0.25, -0.2) is 0 Å². The second-order valence-corrected chi connectivity index (χ2v) is 5.37. The molecule has 1 saturated heterocycles. The average Bonchev–Trinajstić information content (AvgIpc) is 2.50. The summed E-state index contributed by atoms with van der Waals surface area (Å²) in [5, 5.41) is 0. The Balaban J connectivity index is 1.95. The number of hydrogen-bond acceptors (Lipinski definition) is 5. The molecule has 1 aliphatic heterocycles. The van der Waals surface area contributed by atoms with Gasteiger partial charge in [0.25, 0.3) is 0 Å². The van der Waals surface area contributed by atoms with Crippen LogP contribution in [0.15, 0.2) is 24.3 Å². The average molecular weight is 292 g/mol. The van der Waals surface area contributed by atoms with Crippen molar-refractivity contribution in [3.05, 3.63) is 29.8 Å². The van der Waals surface area contributed by atoms with Crippen LogP contribution in [-0.4, -0.2) is 56.7 Å². The van der Waals surface area contributed by atoms with Crippen LogP contribution in [0.4, 0.5) is 0 Å². The van der Waals surface area contributed by atoms with E-state index in [0.717, 1.165) is 25.9 Å². The summed E-state index contributed by atoms with van der Waals surface area (Å²) in [4.78, 5) is 14.6. The first-order chi connectivity index (χ1) is 10.2. The zero-order chi connectivity index (χ0) is 15.1. The van der Waals surface area contributed by atoms with Crippen molar-refractivity contribution in [1.29, 1.82) is 0 Å². The lowest BCUT2D eigenvalue weighted by Crippen LogP contribution is -2.42.